The molecule has 2 rings (SSSR count). The predicted molar refractivity (Wildman–Crippen MR) is 63.6 cm³/mol. The number of hydrogen-bond acceptors (Lipinski definition) is 2. The van der Waals surface area contributed by atoms with Gasteiger partial charge in [0.2, 0.25) is 0 Å². The summed E-state index contributed by atoms with van der Waals surface area (Å²) in [5.74, 6) is 1.41. The summed E-state index contributed by atoms with van der Waals surface area (Å²) in [6.45, 7) is 4.06. The first-order valence-corrected chi connectivity index (χ1v) is 5.75. The van der Waals surface area contributed by atoms with Gasteiger partial charge in [0, 0.05) is 16.0 Å². The van der Waals surface area contributed by atoms with Crippen LogP contribution in [0.4, 0.5) is 4.39 Å². The minimum Gasteiger partial charge on any atom is -0.262 e. The molecule has 1 heterocycles. The number of hydrogen-bond donors (Lipinski definition) is 1. The van der Waals surface area contributed by atoms with Gasteiger partial charge in [0.15, 0.2) is 5.82 Å². The summed E-state index contributed by atoms with van der Waals surface area (Å²) in [4.78, 5) is 4.35. The number of benzene rings is 1. The normalized spacial score (nSPS) is 11.1. The second kappa shape index (κ2) is 4.33. The molecule has 0 aliphatic rings. The lowest BCUT2D eigenvalue weighted by Crippen LogP contribution is -1.89. The summed E-state index contributed by atoms with van der Waals surface area (Å²) in [5.41, 5.74) is 0.782. The zero-order chi connectivity index (χ0) is 11.7. The van der Waals surface area contributed by atoms with Crippen LogP contribution in [0.15, 0.2) is 22.7 Å². The highest BCUT2D eigenvalue weighted by atomic mass is 79.9. The van der Waals surface area contributed by atoms with Crippen molar-refractivity contribution in [3.05, 3.63) is 34.3 Å². The first kappa shape index (κ1) is 11.3. The maximum Gasteiger partial charge on any atom is 0.182 e. The van der Waals surface area contributed by atoms with E-state index in [1.54, 1.807) is 6.07 Å². The van der Waals surface area contributed by atoms with Gasteiger partial charge in [-0.2, -0.15) is 5.10 Å². The van der Waals surface area contributed by atoms with Crippen LogP contribution in [0.25, 0.3) is 11.4 Å². The molecule has 0 fully saturated rings. The van der Waals surface area contributed by atoms with E-state index in [0.29, 0.717) is 16.2 Å². The van der Waals surface area contributed by atoms with Gasteiger partial charge in [-0.05, 0) is 34.1 Å². The molecular formula is C11H11BrFN3. The Labute approximate surface area is 101 Å². The van der Waals surface area contributed by atoms with Gasteiger partial charge < -0.3 is 0 Å². The van der Waals surface area contributed by atoms with Gasteiger partial charge in [0.1, 0.15) is 11.6 Å². The molecule has 3 nitrogen and oxygen atoms in total. The highest BCUT2D eigenvalue weighted by Crippen LogP contribution is 2.26. The van der Waals surface area contributed by atoms with Gasteiger partial charge in [-0.15, -0.1) is 0 Å². The lowest BCUT2D eigenvalue weighted by atomic mass is 10.2. The van der Waals surface area contributed by atoms with Crippen LogP contribution in [0.1, 0.15) is 25.6 Å². The highest BCUT2D eigenvalue weighted by molar-refractivity contribution is 9.10. The van der Waals surface area contributed by atoms with Crippen molar-refractivity contribution in [3.63, 3.8) is 0 Å². The van der Waals surface area contributed by atoms with E-state index in [2.05, 4.69) is 31.1 Å². The number of nitrogens with one attached hydrogen (secondary N) is 1. The fourth-order valence-electron chi connectivity index (χ4n) is 1.32. The zero-order valence-corrected chi connectivity index (χ0v) is 10.5. The Bertz CT molecular complexity index is 508. The quantitative estimate of drug-likeness (QED) is 0.917. The van der Waals surface area contributed by atoms with Gasteiger partial charge in [-0.1, -0.05) is 13.8 Å². The maximum atomic E-state index is 12.9. The smallest absolute Gasteiger partial charge is 0.182 e. The van der Waals surface area contributed by atoms with E-state index in [0.717, 1.165) is 11.4 Å². The predicted octanol–water partition coefficient (Wildman–Crippen LogP) is 3.50. The zero-order valence-electron chi connectivity index (χ0n) is 8.96. The van der Waals surface area contributed by atoms with Crippen molar-refractivity contribution in [2.24, 2.45) is 0 Å². The van der Waals surface area contributed by atoms with E-state index in [1.165, 1.54) is 12.1 Å². The molecule has 0 bridgehead atoms. The van der Waals surface area contributed by atoms with Crippen LogP contribution >= 0.6 is 15.9 Å². The van der Waals surface area contributed by atoms with E-state index in [-0.39, 0.29) is 5.82 Å². The van der Waals surface area contributed by atoms with Gasteiger partial charge in [-0.25, -0.2) is 9.37 Å². The van der Waals surface area contributed by atoms with Gasteiger partial charge >= 0.3 is 0 Å². The summed E-state index contributed by atoms with van der Waals surface area (Å²) in [6.07, 6.45) is 0. The largest absolute Gasteiger partial charge is 0.262 e. The lowest BCUT2D eigenvalue weighted by molar-refractivity contribution is 0.627. The molecule has 0 saturated carbocycles. The third-order valence-corrected chi connectivity index (χ3v) is 2.88. The minimum absolute atomic E-state index is 0.282. The monoisotopic (exact) mass is 283 g/mol. The van der Waals surface area contributed by atoms with Crippen LogP contribution in [-0.4, -0.2) is 15.2 Å². The van der Waals surface area contributed by atoms with Crippen molar-refractivity contribution in [3.8, 4) is 11.4 Å². The number of halogens is 2. The maximum absolute atomic E-state index is 12.9. The molecule has 1 N–H and O–H groups in total. The van der Waals surface area contributed by atoms with Crippen molar-refractivity contribution in [1.82, 2.24) is 15.2 Å². The van der Waals surface area contributed by atoms with E-state index in [9.17, 15) is 4.39 Å². The Hall–Kier alpha value is -1.23. The summed E-state index contributed by atoms with van der Waals surface area (Å²) < 4.78 is 13.6. The number of H-pyrrole nitrogens is 1. The van der Waals surface area contributed by atoms with Crippen molar-refractivity contribution >= 4 is 15.9 Å². The molecule has 0 saturated heterocycles. The van der Waals surface area contributed by atoms with E-state index < -0.39 is 0 Å². The molecule has 0 spiro atoms. The fourth-order valence-corrected chi connectivity index (χ4v) is 1.85. The molecule has 1 aromatic heterocycles. The van der Waals surface area contributed by atoms with Crippen LogP contribution in [0.3, 0.4) is 0 Å². The van der Waals surface area contributed by atoms with E-state index >= 15 is 0 Å². The SMILES string of the molecule is CC(C)c1nc(-c2ccc(F)cc2Br)n[nH]1. The van der Waals surface area contributed by atoms with Crippen LogP contribution in [0, 0.1) is 5.82 Å². The first-order chi connectivity index (χ1) is 7.58. The molecule has 0 amide bonds. The second-order valence-electron chi connectivity index (χ2n) is 3.82. The van der Waals surface area contributed by atoms with E-state index in [4.69, 9.17) is 0 Å². The summed E-state index contributed by atoms with van der Waals surface area (Å²) >= 11 is 3.30. The Kier molecular flexibility index (Phi) is 3.05. The number of aromatic nitrogens is 3. The standard InChI is InChI=1S/C11H11BrFN3/c1-6(2)10-14-11(16-15-10)8-4-3-7(13)5-9(8)12/h3-6H,1-2H3,(H,14,15,16). The van der Waals surface area contributed by atoms with Crippen molar-refractivity contribution in [1.29, 1.82) is 0 Å². The summed E-state index contributed by atoms with van der Waals surface area (Å²) in [7, 11) is 0. The third-order valence-electron chi connectivity index (χ3n) is 2.22. The number of nitrogens with zero attached hydrogens (tertiary/aromatic N) is 2. The Balaban J connectivity index is 2.42. The van der Waals surface area contributed by atoms with Gasteiger partial charge in [-0.3, -0.25) is 5.10 Å². The Morgan fingerprint density at radius 2 is 2.12 bits per heavy atom. The molecule has 0 atom stereocenters. The van der Waals surface area contributed by atoms with Gasteiger partial charge in [0.05, 0.1) is 0 Å². The average Bonchev–Trinajstić information content (AvgIpc) is 2.66. The highest BCUT2D eigenvalue weighted by Gasteiger charge is 2.11. The number of aromatic amines is 1. The lowest BCUT2D eigenvalue weighted by Gasteiger charge is -1.99. The van der Waals surface area contributed by atoms with E-state index in [1.807, 2.05) is 13.8 Å². The summed E-state index contributed by atoms with van der Waals surface area (Å²) in [6, 6.07) is 4.46. The molecule has 1 aromatic carbocycles. The number of rotatable bonds is 2. The topological polar surface area (TPSA) is 41.6 Å². The molecule has 84 valence electrons. The Morgan fingerprint density at radius 3 is 2.69 bits per heavy atom. The molecule has 2 aromatic rings. The molecule has 16 heavy (non-hydrogen) atoms. The van der Waals surface area contributed by atoms with Crippen LogP contribution in [0.2, 0.25) is 0 Å². The van der Waals surface area contributed by atoms with Crippen molar-refractivity contribution in [2.75, 3.05) is 0 Å². The first-order valence-electron chi connectivity index (χ1n) is 4.95. The fraction of sp³-hybridized carbons (Fsp3) is 0.273. The third kappa shape index (κ3) is 2.14. The van der Waals surface area contributed by atoms with Crippen LogP contribution < -0.4 is 0 Å². The van der Waals surface area contributed by atoms with Crippen LogP contribution in [-0.2, 0) is 0 Å². The molecular weight excluding hydrogens is 273 g/mol. The molecule has 0 radical (unpaired) electrons. The Morgan fingerprint density at radius 1 is 1.38 bits per heavy atom. The molecule has 0 aliphatic heterocycles. The van der Waals surface area contributed by atoms with Gasteiger partial charge in [0.25, 0.3) is 0 Å². The average molecular weight is 284 g/mol. The second-order valence-corrected chi connectivity index (χ2v) is 4.68. The van der Waals surface area contributed by atoms with Crippen LogP contribution in [0.5, 0.6) is 0 Å². The van der Waals surface area contributed by atoms with Crippen molar-refractivity contribution < 1.29 is 4.39 Å². The van der Waals surface area contributed by atoms with Crippen molar-refractivity contribution in [2.45, 2.75) is 19.8 Å². The minimum atomic E-state index is -0.282. The molecule has 0 unspecified atom stereocenters. The molecule has 0 aliphatic carbocycles. The molecule has 5 heteroatoms. The summed E-state index contributed by atoms with van der Waals surface area (Å²) in [5, 5.41) is 6.98.